The molecule has 0 fully saturated rings. The topological polar surface area (TPSA) is 66.9 Å². The van der Waals surface area contributed by atoms with Crippen LogP contribution in [0.1, 0.15) is 27.2 Å². The van der Waals surface area contributed by atoms with E-state index in [9.17, 15) is 4.79 Å². The highest BCUT2D eigenvalue weighted by Gasteiger charge is 2.10. The van der Waals surface area contributed by atoms with Crippen molar-refractivity contribution in [1.29, 1.82) is 0 Å². The molecule has 1 amide bonds. The van der Waals surface area contributed by atoms with E-state index in [4.69, 9.17) is 0 Å². The molecule has 0 spiro atoms. The van der Waals surface area contributed by atoms with Crippen molar-refractivity contribution in [3.63, 3.8) is 0 Å². The van der Waals surface area contributed by atoms with Crippen LogP contribution in [0, 0.1) is 20.8 Å². The number of amides is 1. The molecule has 3 rings (SSSR count). The average Bonchev–Trinajstić information content (AvgIpc) is 2.58. The molecular formula is C20H20N4O. The highest BCUT2D eigenvalue weighted by atomic mass is 16.1. The fourth-order valence-electron chi connectivity index (χ4n) is 2.48. The van der Waals surface area contributed by atoms with E-state index in [0.717, 1.165) is 28.1 Å². The second kappa shape index (κ2) is 7.13. The Labute approximate surface area is 147 Å². The van der Waals surface area contributed by atoms with Crippen molar-refractivity contribution >= 4 is 23.1 Å². The highest BCUT2D eigenvalue weighted by Crippen LogP contribution is 2.21. The van der Waals surface area contributed by atoms with Crippen LogP contribution in [0.5, 0.6) is 0 Å². The number of rotatable bonds is 4. The fourth-order valence-corrected chi connectivity index (χ4v) is 2.48. The molecule has 0 aliphatic carbocycles. The third-order valence-electron chi connectivity index (χ3n) is 3.83. The number of carbonyl (C=O) groups is 1. The van der Waals surface area contributed by atoms with Crippen LogP contribution in [0.2, 0.25) is 0 Å². The summed E-state index contributed by atoms with van der Waals surface area (Å²) in [6.07, 6.45) is 1.39. The predicted molar refractivity (Wildman–Crippen MR) is 100 cm³/mol. The molecule has 0 unspecified atom stereocenters. The van der Waals surface area contributed by atoms with Crippen LogP contribution in [-0.4, -0.2) is 15.9 Å². The summed E-state index contributed by atoms with van der Waals surface area (Å²) in [4.78, 5) is 20.7. The van der Waals surface area contributed by atoms with Crippen LogP contribution in [0.4, 0.5) is 17.2 Å². The molecular weight excluding hydrogens is 312 g/mol. The summed E-state index contributed by atoms with van der Waals surface area (Å²) in [7, 11) is 0. The minimum Gasteiger partial charge on any atom is -0.340 e. The molecule has 0 saturated carbocycles. The predicted octanol–water partition coefficient (Wildman–Crippen LogP) is 4.40. The van der Waals surface area contributed by atoms with Gasteiger partial charge in [-0.2, -0.15) is 0 Å². The first kappa shape index (κ1) is 16.6. The van der Waals surface area contributed by atoms with E-state index in [1.165, 1.54) is 6.33 Å². The van der Waals surface area contributed by atoms with Gasteiger partial charge in [-0.25, -0.2) is 9.97 Å². The van der Waals surface area contributed by atoms with Gasteiger partial charge in [0.15, 0.2) is 0 Å². The molecule has 5 nitrogen and oxygen atoms in total. The number of hydrogen-bond acceptors (Lipinski definition) is 4. The molecule has 126 valence electrons. The number of benzene rings is 2. The van der Waals surface area contributed by atoms with Crippen LogP contribution in [0.25, 0.3) is 0 Å². The molecule has 0 atom stereocenters. The molecule has 1 heterocycles. The Hall–Kier alpha value is -3.21. The van der Waals surface area contributed by atoms with E-state index in [0.29, 0.717) is 11.5 Å². The summed E-state index contributed by atoms with van der Waals surface area (Å²) in [5.74, 6) is 0.315. The average molecular weight is 332 g/mol. The molecule has 2 aromatic carbocycles. The van der Waals surface area contributed by atoms with Gasteiger partial charge in [-0.1, -0.05) is 24.3 Å². The molecule has 25 heavy (non-hydrogen) atoms. The first-order valence-corrected chi connectivity index (χ1v) is 8.05. The third-order valence-corrected chi connectivity index (χ3v) is 3.83. The Morgan fingerprint density at radius 2 is 1.72 bits per heavy atom. The Morgan fingerprint density at radius 3 is 2.52 bits per heavy atom. The van der Waals surface area contributed by atoms with Gasteiger partial charge >= 0.3 is 0 Å². The van der Waals surface area contributed by atoms with Crippen LogP contribution in [-0.2, 0) is 0 Å². The van der Waals surface area contributed by atoms with Crippen molar-refractivity contribution < 1.29 is 4.79 Å². The smallest absolute Gasteiger partial charge is 0.274 e. The second-order valence-corrected chi connectivity index (χ2v) is 6.06. The van der Waals surface area contributed by atoms with E-state index in [1.54, 1.807) is 6.07 Å². The van der Waals surface area contributed by atoms with Crippen molar-refractivity contribution in [2.45, 2.75) is 20.8 Å². The van der Waals surface area contributed by atoms with E-state index in [-0.39, 0.29) is 5.91 Å². The SMILES string of the molecule is Cc1cccc(NC(=O)c2cc(Nc3cc(C)ccc3C)ncn2)c1. The lowest BCUT2D eigenvalue weighted by atomic mass is 10.1. The molecule has 0 radical (unpaired) electrons. The van der Waals surface area contributed by atoms with Gasteiger partial charge in [0.25, 0.3) is 5.91 Å². The Kier molecular flexibility index (Phi) is 4.75. The van der Waals surface area contributed by atoms with Crippen molar-refractivity contribution in [1.82, 2.24) is 9.97 Å². The minimum atomic E-state index is -0.267. The Bertz CT molecular complexity index is 921. The van der Waals surface area contributed by atoms with Gasteiger partial charge < -0.3 is 10.6 Å². The largest absolute Gasteiger partial charge is 0.340 e. The number of nitrogens with zero attached hydrogens (tertiary/aromatic N) is 2. The molecule has 0 aliphatic heterocycles. The summed E-state index contributed by atoms with van der Waals surface area (Å²) in [5.41, 5.74) is 5.35. The van der Waals surface area contributed by atoms with Gasteiger partial charge in [-0.05, 0) is 55.7 Å². The van der Waals surface area contributed by atoms with Gasteiger partial charge in [0, 0.05) is 17.4 Å². The first-order chi connectivity index (χ1) is 12.0. The number of nitrogens with one attached hydrogen (secondary N) is 2. The van der Waals surface area contributed by atoms with Gasteiger partial charge in [0.2, 0.25) is 0 Å². The maximum atomic E-state index is 12.4. The van der Waals surface area contributed by atoms with Crippen LogP contribution >= 0.6 is 0 Å². The minimum absolute atomic E-state index is 0.267. The fraction of sp³-hybridized carbons (Fsp3) is 0.150. The van der Waals surface area contributed by atoms with E-state index in [1.807, 2.05) is 57.2 Å². The zero-order valence-electron chi connectivity index (χ0n) is 14.5. The maximum absolute atomic E-state index is 12.4. The summed E-state index contributed by atoms with van der Waals surface area (Å²) in [5, 5.41) is 6.10. The Morgan fingerprint density at radius 1 is 0.920 bits per heavy atom. The lowest BCUT2D eigenvalue weighted by Gasteiger charge is -2.11. The van der Waals surface area contributed by atoms with Gasteiger partial charge in [0.1, 0.15) is 17.8 Å². The lowest BCUT2D eigenvalue weighted by Crippen LogP contribution is -2.14. The van der Waals surface area contributed by atoms with Crippen molar-refractivity contribution in [3.8, 4) is 0 Å². The van der Waals surface area contributed by atoms with Crippen molar-refractivity contribution in [2.24, 2.45) is 0 Å². The molecule has 5 heteroatoms. The van der Waals surface area contributed by atoms with Gasteiger partial charge in [0.05, 0.1) is 0 Å². The van der Waals surface area contributed by atoms with E-state index in [2.05, 4.69) is 26.7 Å². The van der Waals surface area contributed by atoms with Crippen LogP contribution in [0.15, 0.2) is 54.9 Å². The number of anilines is 3. The van der Waals surface area contributed by atoms with Crippen LogP contribution in [0.3, 0.4) is 0 Å². The summed E-state index contributed by atoms with van der Waals surface area (Å²) >= 11 is 0. The summed E-state index contributed by atoms with van der Waals surface area (Å²) < 4.78 is 0. The third kappa shape index (κ3) is 4.20. The monoisotopic (exact) mass is 332 g/mol. The van der Waals surface area contributed by atoms with Gasteiger partial charge in [-0.3, -0.25) is 4.79 Å². The summed E-state index contributed by atoms with van der Waals surface area (Å²) in [6.45, 7) is 6.03. The second-order valence-electron chi connectivity index (χ2n) is 6.06. The molecule has 1 aromatic heterocycles. The number of hydrogen-bond donors (Lipinski definition) is 2. The zero-order valence-corrected chi connectivity index (χ0v) is 14.5. The first-order valence-electron chi connectivity index (χ1n) is 8.05. The zero-order chi connectivity index (χ0) is 17.8. The normalized spacial score (nSPS) is 10.4. The van der Waals surface area contributed by atoms with Crippen molar-refractivity contribution in [3.05, 3.63) is 77.2 Å². The van der Waals surface area contributed by atoms with Crippen molar-refractivity contribution in [2.75, 3.05) is 10.6 Å². The number of aryl methyl sites for hydroxylation is 3. The Balaban J connectivity index is 1.79. The maximum Gasteiger partial charge on any atom is 0.274 e. The van der Waals surface area contributed by atoms with E-state index >= 15 is 0 Å². The lowest BCUT2D eigenvalue weighted by molar-refractivity contribution is 0.102. The molecule has 0 saturated heterocycles. The van der Waals surface area contributed by atoms with Crippen LogP contribution < -0.4 is 10.6 Å². The number of carbonyl (C=O) groups excluding carboxylic acids is 1. The quantitative estimate of drug-likeness (QED) is 0.743. The molecule has 2 N–H and O–H groups in total. The standard InChI is InChI=1S/C20H20N4O/c1-13-5-4-6-16(9-13)23-20(25)18-11-19(22-12-21-18)24-17-10-14(2)7-8-15(17)3/h4-12H,1-3H3,(H,23,25)(H,21,22,24). The van der Waals surface area contributed by atoms with Gasteiger partial charge in [-0.15, -0.1) is 0 Å². The molecule has 0 bridgehead atoms. The summed E-state index contributed by atoms with van der Waals surface area (Å²) in [6, 6.07) is 15.4. The molecule has 0 aliphatic rings. The van der Waals surface area contributed by atoms with E-state index < -0.39 is 0 Å². The molecule has 3 aromatic rings. The highest BCUT2D eigenvalue weighted by molar-refractivity contribution is 6.03. The number of aromatic nitrogens is 2.